The van der Waals surface area contributed by atoms with Gasteiger partial charge in [-0.3, -0.25) is 4.79 Å². The Morgan fingerprint density at radius 1 is 1.29 bits per heavy atom. The summed E-state index contributed by atoms with van der Waals surface area (Å²) >= 11 is 0. The van der Waals surface area contributed by atoms with Gasteiger partial charge in [-0.05, 0) is 24.6 Å². The van der Waals surface area contributed by atoms with Gasteiger partial charge in [-0.15, -0.1) is 0 Å². The van der Waals surface area contributed by atoms with Gasteiger partial charge >= 0.3 is 0 Å². The second kappa shape index (κ2) is 5.57. The van der Waals surface area contributed by atoms with Crippen LogP contribution in [0, 0.1) is 6.92 Å². The summed E-state index contributed by atoms with van der Waals surface area (Å²) in [5.41, 5.74) is 8.34. The average Bonchev–Trinajstić information content (AvgIpc) is 2.89. The topological polar surface area (TPSA) is 73.4 Å². The first-order valence-corrected chi connectivity index (χ1v) is 6.95. The fourth-order valence-corrected chi connectivity index (χ4v) is 2.40. The second-order valence-electron chi connectivity index (χ2n) is 5.11. The van der Waals surface area contributed by atoms with Crippen LogP contribution in [0.5, 0.6) is 0 Å². The number of anilines is 1. The number of hydrogen-bond donors (Lipinski definition) is 1. The van der Waals surface area contributed by atoms with E-state index in [9.17, 15) is 4.79 Å². The Labute approximate surface area is 123 Å². The highest BCUT2D eigenvalue weighted by Gasteiger charge is 2.22. The van der Waals surface area contributed by atoms with Gasteiger partial charge in [0.2, 0.25) is 0 Å². The van der Waals surface area contributed by atoms with Crippen LogP contribution in [-0.2, 0) is 4.74 Å². The van der Waals surface area contributed by atoms with Crippen molar-refractivity contribution in [2.45, 2.75) is 6.92 Å². The third kappa shape index (κ3) is 2.75. The number of aryl methyl sites for hydroxylation is 1. The lowest BCUT2D eigenvalue weighted by molar-refractivity contribution is 0.0298. The predicted octanol–water partition coefficient (Wildman–Crippen LogP) is 1.24. The van der Waals surface area contributed by atoms with Gasteiger partial charge in [0.15, 0.2) is 5.69 Å². The highest BCUT2D eigenvalue weighted by molar-refractivity contribution is 5.93. The molecule has 1 fully saturated rings. The van der Waals surface area contributed by atoms with E-state index in [1.165, 1.54) is 0 Å². The van der Waals surface area contributed by atoms with Gasteiger partial charge < -0.3 is 15.4 Å². The zero-order valence-electron chi connectivity index (χ0n) is 12.0. The van der Waals surface area contributed by atoms with Crippen molar-refractivity contribution >= 4 is 11.7 Å². The maximum absolute atomic E-state index is 12.4. The number of morpholine rings is 1. The molecule has 2 aromatic rings. The lowest BCUT2D eigenvalue weighted by Crippen LogP contribution is -2.40. The number of benzene rings is 1. The first kappa shape index (κ1) is 13.6. The van der Waals surface area contributed by atoms with Crippen LogP contribution in [0.25, 0.3) is 5.69 Å². The number of carbonyl (C=O) groups excluding carboxylic acids is 1. The summed E-state index contributed by atoms with van der Waals surface area (Å²) in [4.78, 5) is 14.1. The largest absolute Gasteiger partial charge is 0.384 e. The summed E-state index contributed by atoms with van der Waals surface area (Å²) in [6.07, 6.45) is 0. The Bertz CT molecular complexity index is 659. The van der Waals surface area contributed by atoms with Crippen LogP contribution in [0.2, 0.25) is 0 Å². The van der Waals surface area contributed by atoms with Crippen molar-refractivity contribution < 1.29 is 9.53 Å². The molecule has 0 spiro atoms. The van der Waals surface area contributed by atoms with Crippen LogP contribution >= 0.6 is 0 Å². The highest BCUT2D eigenvalue weighted by Crippen LogP contribution is 2.17. The number of ether oxygens (including phenoxy) is 1. The van der Waals surface area contributed by atoms with Crippen molar-refractivity contribution in [3.05, 3.63) is 41.6 Å². The molecule has 2 N–H and O–H groups in total. The molecule has 0 radical (unpaired) electrons. The van der Waals surface area contributed by atoms with Crippen LogP contribution in [0.1, 0.15) is 16.1 Å². The van der Waals surface area contributed by atoms with Crippen LogP contribution < -0.4 is 5.73 Å². The summed E-state index contributed by atoms with van der Waals surface area (Å²) in [5, 5.41) is 4.36. The molecule has 0 saturated carbocycles. The number of nitrogens with two attached hydrogens (primary N) is 1. The van der Waals surface area contributed by atoms with E-state index in [-0.39, 0.29) is 5.91 Å². The Hall–Kier alpha value is -2.34. The molecule has 3 rings (SSSR count). The molecule has 1 aromatic carbocycles. The van der Waals surface area contributed by atoms with Gasteiger partial charge in [-0.1, -0.05) is 12.1 Å². The van der Waals surface area contributed by atoms with E-state index < -0.39 is 0 Å². The van der Waals surface area contributed by atoms with E-state index in [0.29, 0.717) is 37.8 Å². The molecule has 21 heavy (non-hydrogen) atoms. The number of amides is 1. The molecule has 1 aliphatic rings. The first-order chi connectivity index (χ1) is 10.1. The van der Waals surface area contributed by atoms with Crippen molar-refractivity contribution in [3.63, 3.8) is 0 Å². The van der Waals surface area contributed by atoms with Gasteiger partial charge in [0.25, 0.3) is 5.91 Å². The minimum atomic E-state index is -0.101. The monoisotopic (exact) mass is 286 g/mol. The maximum atomic E-state index is 12.4. The molecular weight excluding hydrogens is 268 g/mol. The SMILES string of the molecule is Cc1cccc(-n2nc(C(=O)N3CCOCC3)cc2N)c1. The molecule has 6 nitrogen and oxygen atoms in total. The van der Waals surface area contributed by atoms with Gasteiger partial charge in [-0.25, -0.2) is 4.68 Å². The molecule has 0 atom stereocenters. The number of hydrogen-bond acceptors (Lipinski definition) is 4. The van der Waals surface area contributed by atoms with Gasteiger partial charge in [0.05, 0.1) is 18.9 Å². The fourth-order valence-electron chi connectivity index (χ4n) is 2.40. The molecule has 110 valence electrons. The minimum absolute atomic E-state index is 0.101. The van der Waals surface area contributed by atoms with Crippen molar-refractivity contribution in [3.8, 4) is 5.69 Å². The number of nitrogens with zero attached hydrogens (tertiary/aromatic N) is 3. The number of carbonyl (C=O) groups is 1. The molecule has 2 heterocycles. The molecule has 1 aliphatic heterocycles. The van der Waals surface area contributed by atoms with Crippen molar-refractivity contribution in [2.24, 2.45) is 0 Å². The van der Waals surface area contributed by atoms with Gasteiger partial charge in [0, 0.05) is 19.2 Å². The van der Waals surface area contributed by atoms with E-state index in [0.717, 1.165) is 11.3 Å². The lowest BCUT2D eigenvalue weighted by atomic mass is 10.2. The van der Waals surface area contributed by atoms with Crippen LogP contribution in [-0.4, -0.2) is 46.9 Å². The Morgan fingerprint density at radius 2 is 2.05 bits per heavy atom. The number of rotatable bonds is 2. The summed E-state index contributed by atoms with van der Waals surface area (Å²) in [6.45, 7) is 4.33. The van der Waals surface area contributed by atoms with Gasteiger partial charge in [0.1, 0.15) is 5.82 Å². The number of aromatic nitrogens is 2. The predicted molar refractivity (Wildman–Crippen MR) is 79.4 cm³/mol. The summed E-state index contributed by atoms with van der Waals surface area (Å²) in [6, 6.07) is 9.46. The average molecular weight is 286 g/mol. The zero-order valence-corrected chi connectivity index (χ0v) is 12.0. The van der Waals surface area contributed by atoms with Crippen LogP contribution in [0.3, 0.4) is 0 Å². The summed E-state index contributed by atoms with van der Waals surface area (Å²) in [5.74, 6) is 0.355. The quantitative estimate of drug-likeness (QED) is 0.901. The third-order valence-corrected chi connectivity index (χ3v) is 3.50. The molecule has 0 bridgehead atoms. The van der Waals surface area contributed by atoms with Crippen LogP contribution in [0.15, 0.2) is 30.3 Å². The lowest BCUT2D eigenvalue weighted by Gasteiger charge is -2.25. The summed E-state index contributed by atoms with van der Waals surface area (Å²) in [7, 11) is 0. The highest BCUT2D eigenvalue weighted by atomic mass is 16.5. The Kier molecular flexibility index (Phi) is 3.62. The molecule has 1 aromatic heterocycles. The maximum Gasteiger partial charge on any atom is 0.274 e. The van der Waals surface area contributed by atoms with Crippen molar-refractivity contribution in [1.29, 1.82) is 0 Å². The Balaban J connectivity index is 1.88. The van der Waals surface area contributed by atoms with Gasteiger partial charge in [-0.2, -0.15) is 5.10 Å². The Morgan fingerprint density at radius 3 is 2.76 bits per heavy atom. The normalized spacial score (nSPS) is 15.2. The van der Waals surface area contributed by atoms with Crippen molar-refractivity contribution in [1.82, 2.24) is 14.7 Å². The van der Waals surface area contributed by atoms with E-state index in [1.54, 1.807) is 15.6 Å². The number of nitrogen functional groups attached to an aromatic ring is 1. The third-order valence-electron chi connectivity index (χ3n) is 3.50. The molecule has 0 unspecified atom stereocenters. The molecule has 6 heteroatoms. The van der Waals surface area contributed by atoms with E-state index >= 15 is 0 Å². The second-order valence-corrected chi connectivity index (χ2v) is 5.11. The smallest absolute Gasteiger partial charge is 0.274 e. The molecule has 1 saturated heterocycles. The van der Waals surface area contributed by atoms with Crippen molar-refractivity contribution in [2.75, 3.05) is 32.0 Å². The minimum Gasteiger partial charge on any atom is -0.384 e. The summed E-state index contributed by atoms with van der Waals surface area (Å²) < 4.78 is 6.85. The first-order valence-electron chi connectivity index (χ1n) is 6.95. The zero-order chi connectivity index (χ0) is 14.8. The van der Waals surface area contributed by atoms with E-state index in [2.05, 4.69) is 5.10 Å². The van der Waals surface area contributed by atoms with Crippen LogP contribution in [0.4, 0.5) is 5.82 Å². The van der Waals surface area contributed by atoms with E-state index in [1.807, 2.05) is 31.2 Å². The fraction of sp³-hybridized carbons (Fsp3) is 0.333. The molecular formula is C15H18N4O2. The molecule has 0 aliphatic carbocycles. The van der Waals surface area contributed by atoms with E-state index in [4.69, 9.17) is 10.5 Å². The molecule has 1 amide bonds. The standard InChI is InChI=1S/C15H18N4O2/c1-11-3-2-4-12(9-11)19-14(16)10-13(17-19)15(20)18-5-7-21-8-6-18/h2-4,9-10H,5-8,16H2,1H3.